The summed E-state index contributed by atoms with van der Waals surface area (Å²) in [5.41, 5.74) is 5.00. The largest absolute Gasteiger partial charge is 0.294 e. The van der Waals surface area contributed by atoms with Crippen molar-refractivity contribution in [2.45, 2.75) is 20.3 Å². The molecule has 1 aliphatic heterocycles. The van der Waals surface area contributed by atoms with Crippen molar-refractivity contribution in [1.82, 2.24) is 9.78 Å². The Balaban J connectivity index is 2.18. The van der Waals surface area contributed by atoms with Gasteiger partial charge in [0.15, 0.2) is 5.78 Å². The van der Waals surface area contributed by atoms with Gasteiger partial charge in [-0.05, 0) is 26.0 Å². The predicted octanol–water partition coefficient (Wildman–Crippen LogP) is 2.51. The van der Waals surface area contributed by atoms with Crippen molar-refractivity contribution in [1.29, 1.82) is 0 Å². The lowest BCUT2D eigenvalue weighted by molar-refractivity contribution is -0.114. The number of carbonyl (C=O) groups excluding carboxylic acids is 1. The number of carbonyl (C=O) groups is 1. The number of hydrogen-bond donors (Lipinski definition) is 0. The van der Waals surface area contributed by atoms with Crippen LogP contribution in [0.25, 0.3) is 5.70 Å². The first-order chi connectivity index (χ1) is 8.63. The fraction of sp³-hybridized carbons (Fsp3) is 0.200. The molecule has 1 aromatic heterocycles. The summed E-state index contributed by atoms with van der Waals surface area (Å²) in [6.45, 7) is 3.99. The molecule has 1 aromatic carbocycles. The van der Waals surface area contributed by atoms with Crippen molar-refractivity contribution < 1.29 is 4.79 Å². The Kier molecular flexibility index (Phi) is 2.40. The molecule has 18 heavy (non-hydrogen) atoms. The summed E-state index contributed by atoms with van der Waals surface area (Å²) in [5, 5.41) is 4.47. The van der Waals surface area contributed by atoms with Crippen LogP contribution in [0.15, 0.2) is 36.4 Å². The van der Waals surface area contributed by atoms with Crippen LogP contribution in [0.1, 0.15) is 22.5 Å². The summed E-state index contributed by atoms with van der Waals surface area (Å²) in [4.78, 5) is 11.8. The summed E-state index contributed by atoms with van der Waals surface area (Å²) >= 11 is 0. The normalized spacial score (nSPS) is 14.3. The number of benzene rings is 1. The van der Waals surface area contributed by atoms with Crippen LogP contribution < -0.4 is 0 Å². The molecule has 0 N–H and O–H groups in total. The van der Waals surface area contributed by atoms with E-state index in [-0.39, 0.29) is 5.78 Å². The lowest BCUT2D eigenvalue weighted by atomic mass is 10.0. The van der Waals surface area contributed by atoms with Gasteiger partial charge in [-0.2, -0.15) is 5.10 Å². The van der Waals surface area contributed by atoms with Gasteiger partial charge in [-0.15, -0.1) is 0 Å². The Bertz CT molecular complexity index is 665. The van der Waals surface area contributed by atoms with Gasteiger partial charge in [0.25, 0.3) is 0 Å². The molecule has 0 saturated carbocycles. The van der Waals surface area contributed by atoms with Crippen molar-refractivity contribution in [2.75, 3.05) is 0 Å². The number of allylic oxidation sites excluding steroid dienone is 1. The number of nitrogens with zero attached hydrogens (tertiary/aromatic N) is 2. The average molecular weight is 238 g/mol. The summed E-state index contributed by atoms with van der Waals surface area (Å²) in [5.74, 6) is 0.138. The maximum Gasteiger partial charge on any atom is 0.163 e. The number of fused-ring (bicyclic) bond motifs is 1. The van der Waals surface area contributed by atoms with Crippen LogP contribution in [0.5, 0.6) is 0 Å². The molecule has 0 saturated heterocycles. The molecule has 0 bridgehead atoms. The van der Waals surface area contributed by atoms with Crippen LogP contribution in [0.4, 0.5) is 0 Å². The smallest absolute Gasteiger partial charge is 0.163 e. The fourth-order valence-corrected chi connectivity index (χ4v) is 2.34. The van der Waals surface area contributed by atoms with E-state index >= 15 is 0 Å². The van der Waals surface area contributed by atoms with Gasteiger partial charge in [-0.3, -0.25) is 4.79 Å². The molecule has 0 unspecified atom stereocenters. The predicted molar refractivity (Wildman–Crippen MR) is 70.2 cm³/mol. The molecule has 3 heteroatoms. The van der Waals surface area contributed by atoms with E-state index in [0.29, 0.717) is 6.42 Å². The van der Waals surface area contributed by atoms with Crippen LogP contribution in [0, 0.1) is 13.8 Å². The van der Waals surface area contributed by atoms with E-state index in [2.05, 4.69) is 11.2 Å². The molecule has 0 radical (unpaired) electrons. The Morgan fingerprint density at radius 2 is 2.06 bits per heavy atom. The molecule has 0 amide bonds. The van der Waals surface area contributed by atoms with Crippen LogP contribution >= 0.6 is 0 Å². The van der Waals surface area contributed by atoms with Crippen LogP contribution in [-0.4, -0.2) is 15.6 Å². The van der Waals surface area contributed by atoms with Gasteiger partial charge in [-0.1, -0.05) is 23.8 Å². The summed E-state index contributed by atoms with van der Waals surface area (Å²) < 4.78 is 1.88. The topological polar surface area (TPSA) is 34.9 Å². The molecule has 1 aliphatic rings. The van der Waals surface area contributed by atoms with Gasteiger partial charge in [0.2, 0.25) is 0 Å². The minimum Gasteiger partial charge on any atom is -0.294 e. The third kappa shape index (κ3) is 1.78. The Morgan fingerprint density at radius 3 is 2.83 bits per heavy atom. The van der Waals surface area contributed by atoms with E-state index in [1.54, 1.807) is 6.08 Å². The Hall–Kier alpha value is -2.16. The van der Waals surface area contributed by atoms with Crippen LogP contribution in [0.2, 0.25) is 0 Å². The Morgan fingerprint density at radius 1 is 1.22 bits per heavy atom. The average Bonchev–Trinajstić information content (AvgIpc) is 2.68. The minimum absolute atomic E-state index is 0.138. The number of aromatic nitrogens is 2. The van der Waals surface area contributed by atoms with Crippen LogP contribution in [0.3, 0.4) is 0 Å². The number of ketones is 1. The maximum absolute atomic E-state index is 11.8. The Labute approximate surface area is 106 Å². The van der Waals surface area contributed by atoms with Crippen molar-refractivity contribution in [3.05, 3.63) is 58.9 Å². The van der Waals surface area contributed by atoms with E-state index in [1.165, 1.54) is 5.56 Å². The quantitative estimate of drug-likeness (QED) is 0.765. The van der Waals surface area contributed by atoms with E-state index in [9.17, 15) is 4.79 Å². The first-order valence-corrected chi connectivity index (χ1v) is 6.01. The highest BCUT2D eigenvalue weighted by molar-refractivity contribution is 5.99. The molecule has 2 aromatic rings. The molecule has 0 fully saturated rings. The second kappa shape index (κ2) is 3.95. The van der Waals surface area contributed by atoms with E-state index in [1.807, 2.05) is 42.8 Å². The highest BCUT2D eigenvalue weighted by atomic mass is 16.1. The zero-order valence-corrected chi connectivity index (χ0v) is 10.5. The third-order valence-electron chi connectivity index (χ3n) is 3.10. The third-order valence-corrected chi connectivity index (χ3v) is 3.10. The molecular formula is C15H14N2O. The summed E-state index contributed by atoms with van der Waals surface area (Å²) in [6, 6.07) is 10.1. The van der Waals surface area contributed by atoms with Gasteiger partial charge in [-0.25, -0.2) is 4.68 Å². The molecule has 3 rings (SSSR count). The minimum atomic E-state index is 0.138. The van der Waals surface area contributed by atoms with Gasteiger partial charge in [0.1, 0.15) is 0 Å². The monoisotopic (exact) mass is 238 g/mol. The molecule has 0 aliphatic carbocycles. The molecular weight excluding hydrogens is 224 g/mol. The summed E-state index contributed by atoms with van der Waals surface area (Å²) in [7, 11) is 0. The number of aryl methyl sites for hydroxylation is 2. The molecule has 0 spiro atoms. The lowest BCUT2D eigenvalue weighted by Crippen LogP contribution is -2.16. The highest BCUT2D eigenvalue weighted by Gasteiger charge is 2.19. The van der Waals surface area contributed by atoms with Crippen molar-refractivity contribution >= 4 is 11.5 Å². The zero-order valence-electron chi connectivity index (χ0n) is 10.5. The molecule has 3 nitrogen and oxygen atoms in total. The van der Waals surface area contributed by atoms with Crippen molar-refractivity contribution in [3.63, 3.8) is 0 Å². The van der Waals surface area contributed by atoms with Gasteiger partial charge >= 0.3 is 0 Å². The number of rotatable bonds is 1. The summed E-state index contributed by atoms with van der Waals surface area (Å²) in [6.07, 6.45) is 2.13. The number of hydrogen-bond acceptors (Lipinski definition) is 2. The van der Waals surface area contributed by atoms with E-state index in [0.717, 1.165) is 22.6 Å². The SMILES string of the molecule is Cc1cccc(C2=CC(=O)Cc3cc(C)nn32)c1. The van der Waals surface area contributed by atoms with Crippen molar-refractivity contribution in [2.24, 2.45) is 0 Å². The van der Waals surface area contributed by atoms with E-state index < -0.39 is 0 Å². The lowest BCUT2D eigenvalue weighted by Gasteiger charge is -2.16. The zero-order chi connectivity index (χ0) is 12.7. The fourth-order valence-electron chi connectivity index (χ4n) is 2.34. The molecule has 2 heterocycles. The van der Waals surface area contributed by atoms with Gasteiger partial charge in [0, 0.05) is 11.6 Å². The van der Waals surface area contributed by atoms with Gasteiger partial charge < -0.3 is 0 Å². The van der Waals surface area contributed by atoms with E-state index in [4.69, 9.17) is 0 Å². The van der Waals surface area contributed by atoms with Gasteiger partial charge in [0.05, 0.1) is 23.5 Å². The van der Waals surface area contributed by atoms with Crippen molar-refractivity contribution in [3.8, 4) is 0 Å². The van der Waals surface area contributed by atoms with Crippen LogP contribution in [-0.2, 0) is 11.2 Å². The first kappa shape index (κ1) is 11.0. The second-order valence-corrected chi connectivity index (χ2v) is 4.73. The first-order valence-electron chi connectivity index (χ1n) is 6.01. The molecule has 90 valence electrons. The maximum atomic E-state index is 11.8. The standard InChI is InChI=1S/C15H14N2O/c1-10-4-3-5-12(6-10)15-9-14(18)8-13-7-11(2)16-17(13)15/h3-7,9H,8H2,1-2H3. The second-order valence-electron chi connectivity index (χ2n) is 4.73. The highest BCUT2D eigenvalue weighted by Crippen LogP contribution is 2.24. The molecule has 0 atom stereocenters.